The number of nitrogens with one attached hydrogen (secondary N) is 1. The Morgan fingerprint density at radius 2 is 1.85 bits per heavy atom. The molecule has 0 unspecified atom stereocenters. The second kappa shape index (κ2) is 5.04. The van der Waals surface area contributed by atoms with Crippen LogP contribution in [0.25, 0.3) is 0 Å². The summed E-state index contributed by atoms with van der Waals surface area (Å²) in [6, 6.07) is 0. The summed E-state index contributed by atoms with van der Waals surface area (Å²) in [7, 11) is 2.53. The van der Waals surface area contributed by atoms with Crippen LogP contribution in [0.2, 0.25) is 0 Å². The quantitative estimate of drug-likeness (QED) is 0.601. The van der Waals surface area contributed by atoms with Crippen LogP contribution in [0.15, 0.2) is 0 Å². The predicted octanol–water partition coefficient (Wildman–Crippen LogP) is -0.734. The van der Waals surface area contributed by atoms with Crippen molar-refractivity contribution in [1.29, 1.82) is 0 Å². The summed E-state index contributed by atoms with van der Waals surface area (Å²) in [5, 5.41) is 3.25. The highest BCUT2D eigenvalue weighted by molar-refractivity contribution is 6.60. The molecule has 1 N–H and O–H groups in total. The van der Waals surface area contributed by atoms with Gasteiger partial charge in [-0.1, -0.05) is 0 Å². The Hall–Kier alpha value is 0.0169. The highest BCUT2D eigenvalue weighted by Gasteiger charge is 2.40. The molecule has 0 aromatic carbocycles. The van der Waals surface area contributed by atoms with E-state index in [1.54, 1.807) is 21.3 Å². The largest absolute Gasteiger partial charge is 0.515 e. The van der Waals surface area contributed by atoms with Crippen molar-refractivity contribution in [3.8, 4) is 0 Å². The fourth-order valence-electron chi connectivity index (χ4n) is 1.41. The van der Waals surface area contributed by atoms with Crippen LogP contribution in [-0.2, 0) is 13.3 Å². The molecule has 1 saturated heterocycles. The van der Waals surface area contributed by atoms with Crippen LogP contribution in [0.5, 0.6) is 0 Å². The maximum Gasteiger partial charge on any atom is 0.515 e. The second-order valence-electron chi connectivity index (χ2n) is 3.01. The molecule has 0 aromatic rings. The van der Waals surface area contributed by atoms with Gasteiger partial charge in [0.25, 0.3) is 0 Å². The van der Waals surface area contributed by atoms with Crippen LogP contribution in [-0.4, -0.2) is 61.0 Å². The van der Waals surface area contributed by atoms with Crippen LogP contribution in [0.3, 0.4) is 0 Å². The maximum absolute atomic E-state index is 5.32. The molecule has 13 heavy (non-hydrogen) atoms. The van der Waals surface area contributed by atoms with E-state index in [4.69, 9.17) is 13.3 Å². The smallest absolute Gasteiger partial charge is 0.376 e. The fraction of sp³-hybridized carbons (Fsp3) is 1.00. The van der Waals surface area contributed by atoms with E-state index in [0.29, 0.717) is 0 Å². The zero-order valence-electron chi connectivity index (χ0n) is 8.50. The molecule has 0 saturated carbocycles. The van der Waals surface area contributed by atoms with E-state index in [-0.39, 0.29) is 0 Å². The number of hydrogen-bond acceptors (Lipinski definition) is 5. The first-order valence-electron chi connectivity index (χ1n) is 4.35. The van der Waals surface area contributed by atoms with Gasteiger partial charge in [-0.15, -0.1) is 0 Å². The van der Waals surface area contributed by atoms with E-state index < -0.39 is 8.80 Å². The van der Waals surface area contributed by atoms with Gasteiger partial charge in [-0.25, -0.2) is 0 Å². The van der Waals surface area contributed by atoms with Crippen molar-refractivity contribution in [2.45, 2.75) is 0 Å². The molecule has 1 aliphatic heterocycles. The van der Waals surface area contributed by atoms with Crippen LogP contribution in [0.4, 0.5) is 0 Å². The van der Waals surface area contributed by atoms with Gasteiger partial charge in [0.05, 0.1) is 6.17 Å². The van der Waals surface area contributed by atoms with Gasteiger partial charge in [0.1, 0.15) is 0 Å². The number of nitrogens with zero attached hydrogens (tertiary/aromatic N) is 1. The lowest BCUT2D eigenvalue weighted by Crippen LogP contribution is -2.53. The highest BCUT2D eigenvalue weighted by Crippen LogP contribution is 2.09. The molecule has 0 aromatic heterocycles. The maximum atomic E-state index is 5.32. The van der Waals surface area contributed by atoms with Crippen LogP contribution >= 0.6 is 0 Å². The summed E-state index contributed by atoms with van der Waals surface area (Å²) >= 11 is 0. The Balaban J connectivity index is 2.44. The van der Waals surface area contributed by atoms with Crippen molar-refractivity contribution in [3.63, 3.8) is 0 Å². The fourth-order valence-corrected chi connectivity index (χ4v) is 3.11. The molecule has 78 valence electrons. The molecular formula is C7H18N2O3Si. The Labute approximate surface area is 80.3 Å². The molecule has 1 heterocycles. The minimum Gasteiger partial charge on any atom is -0.376 e. The van der Waals surface area contributed by atoms with Crippen molar-refractivity contribution in [3.05, 3.63) is 0 Å². The van der Waals surface area contributed by atoms with E-state index in [1.165, 1.54) is 0 Å². The normalized spacial score (nSPS) is 19.6. The lowest BCUT2D eigenvalue weighted by Gasteiger charge is -2.28. The van der Waals surface area contributed by atoms with Gasteiger partial charge >= 0.3 is 8.80 Å². The molecule has 0 atom stereocenters. The molecule has 0 amide bonds. The SMILES string of the molecule is CO[Si](CN1CCNC1)(OC)OC. The van der Waals surface area contributed by atoms with Gasteiger partial charge in [0, 0.05) is 41.1 Å². The van der Waals surface area contributed by atoms with Crippen molar-refractivity contribution in [2.75, 3.05) is 47.3 Å². The third-order valence-electron chi connectivity index (χ3n) is 2.29. The van der Waals surface area contributed by atoms with Gasteiger partial charge in [-0.3, -0.25) is 4.90 Å². The van der Waals surface area contributed by atoms with E-state index in [1.807, 2.05) is 0 Å². The Morgan fingerprint density at radius 1 is 1.23 bits per heavy atom. The third kappa shape index (κ3) is 2.73. The first kappa shape index (κ1) is 11.1. The average molecular weight is 206 g/mol. The van der Waals surface area contributed by atoms with Crippen LogP contribution in [0, 0.1) is 0 Å². The van der Waals surface area contributed by atoms with Gasteiger partial charge in [0.2, 0.25) is 0 Å². The van der Waals surface area contributed by atoms with E-state index in [2.05, 4.69) is 10.2 Å². The van der Waals surface area contributed by atoms with Gasteiger partial charge in [0.15, 0.2) is 0 Å². The molecule has 1 aliphatic rings. The second-order valence-corrected chi connectivity index (χ2v) is 5.91. The van der Waals surface area contributed by atoms with Crippen molar-refractivity contribution in [1.82, 2.24) is 10.2 Å². The molecule has 0 aliphatic carbocycles. The lowest BCUT2D eigenvalue weighted by molar-refractivity contribution is 0.107. The van der Waals surface area contributed by atoms with Crippen molar-refractivity contribution < 1.29 is 13.3 Å². The minimum absolute atomic E-state index is 0.753. The van der Waals surface area contributed by atoms with Gasteiger partial charge in [-0.2, -0.15) is 0 Å². The molecule has 5 nitrogen and oxygen atoms in total. The predicted molar refractivity (Wildman–Crippen MR) is 51.2 cm³/mol. The summed E-state index contributed by atoms with van der Waals surface area (Å²) in [5.74, 6) is 0. The molecule has 0 radical (unpaired) electrons. The number of rotatable bonds is 5. The number of hydrogen-bond donors (Lipinski definition) is 1. The molecule has 0 spiro atoms. The standard InChI is InChI=1S/C7H18N2O3Si/c1-10-13(11-2,12-3)7-9-5-4-8-6-9/h8H,4-7H2,1-3H3. The summed E-state index contributed by atoms with van der Waals surface area (Å²) in [6.07, 6.45) is 0.753. The van der Waals surface area contributed by atoms with E-state index >= 15 is 0 Å². The van der Waals surface area contributed by atoms with Gasteiger partial charge in [-0.05, 0) is 0 Å². The monoisotopic (exact) mass is 206 g/mol. The summed E-state index contributed by atoms with van der Waals surface area (Å²) < 4.78 is 16.0. The van der Waals surface area contributed by atoms with E-state index in [0.717, 1.165) is 25.9 Å². The van der Waals surface area contributed by atoms with Crippen molar-refractivity contribution in [2.24, 2.45) is 0 Å². The van der Waals surface area contributed by atoms with E-state index in [9.17, 15) is 0 Å². The topological polar surface area (TPSA) is 43.0 Å². The lowest BCUT2D eigenvalue weighted by atomic mass is 10.7. The van der Waals surface area contributed by atoms with Crippen molar-refractivity contribution >= 4 is 8.80 Å². The first-order chi connectivity index (χ1) is 6.26. The molecule has 6 heteroatoms. The Morgan fingerprint density at radius 3 is 2.23 bits per heavy atom. The average Bonchev–Trinajstić information content (AvgIpc) is 2.67. The molecule has 1 rings (SSSR count). The Kier molecular flexibility index (Phi) is 4.30. The summed E-state index contributed by atoms with van der Waals surface area (Å²) in [5.41, 5.74) is 0. The van der Waals surface area contributed by atoms with Gasteiger partial charge < -0.3 is 18.6 Å². The third-order valence-corrected chi connectivity index (χ3v) is 4.99. The Bertz CT molecular complexity index is 140. The zero-order chi connectivity index (χ0) is 9.73. The molecular weight excluding hydrogens is 188 g/mol. The van der Waals surface area contributed by atoms with Crippen LogP contribution in [0.1, 0.15) is 0 Å². The first-order valence-corrected chi connectivity index (χ1v) is 6.28. The summed E-state index contributed by atoms with van der Waals surface area (Å²) in [6.45, 7) is 2.96. The van der Waals surface area contributed by atoms with Crippen LogP contribution < -0.4 is 5.32 Å². The molecule has 0 bridgehead atoms. The zero-order valence-corrected chi connectivity index (χ0v) is 9.50. The highest BCUT2D eigenvalue weighted by atomic mass is 28.4. The minimum atomic E-state index is -2.40. The summed E-state index contributed by atoms with van der Waals surface area (Å²) in [4.78, 5) is 2.24. The molecule has 1 fully saturated rings.